The first kappa shape index (κ1) is 11.0. The van der Waals surface area contributed by atoms with Crippen LogP contribution in [-0.2, 0) is 11.3 Å². The summed E-state index contributed by atoms with van der Waals surface area (Å²) < 4.78 is 10.8. The van der Waals surface area contributed by atoms with Crippen LogP contribution >= 0.6 is 0 Å². The molecule has 3 nitrogen and oxygen atoms in total. The summed E-state index contributed by atoms with van der Waals surface area (Å²) in [7, 11) is 0. The maximum Gasteiger partial charge on any atom is 0.185 e. The maximum absolute atomic E-state index is 10.3. The molecule has 0 radical (unpaired) electrons. The summed E-state index contributed by atoms with van der Waals surface area (Å²) in [5.74, 6) is 1.03. The number of furan rings is 1. The highest BCUT2D eigenvalue weighted by Gasteiger charge is 2.16. The molecule has 1 heterocycles. The minimum absolute atomic E-state index is 0.145. The van der Waals surface area contributed by atoms with Gasteiger partial charge in [-0.2, -0.15) is 0 Å². The van der Waals surface area contributed by atoms with Crippen LogP contribution in [0.1, 0.15) is 43.5 Å². The van der Waals surface area contributed by atoms with E-state index >= 15 is 0 Å². The van der Waals surface area contributed by atoms with E-state index in [0.717, 1.165) is 6.42 Å². The number of carbonyl (C=O) groups is 1. The normalized spacial score (nSPS) is 11.6. The van der Waals surface area contributed by atoms with Crippen molar-refractivity contribution in [3.63, 3.8) is 0 Å². The second-order valence-corrected chi connectivity index (χ2v) is 3.82. The van der Waals surface area contributed by atoms with Crippen molar-refractivity contribution in [1.82, 2.24) is 0 Å². The molecule has 0 amide bonds. The molecule has 3 heteroatoms. The quantitative estimate of drug-likeness (QED) is 0.680. The second kappa shape index (κ2) is 4.42. The van der Waals surface area contributed by atoms with E-state index in [4.69, 9.17) is 9.15 Å². The van der Waals surface area contributed by atoms with E-state index in [1.807, 2.05) is 13.8 Å². The Morgan fingerprint density at radius 2 is 2.21 bits per heavy atom. The van der Waals surface area contributed by atoms with Crippen molar-refractivity contribution in [2.24, 2.45) is 0 Å². The molecule has 0 saturated carbocycles. The van der Waals surface area contributed by atoms with Crippen LogP contribution in [-0.4, -0.2) is 11.9 Å². The molecule has 0 aliphatic carbocycles. The van der Waals surface area contributed by atoms with E-state index < -0.39 is 0 Å². The summed E-state index contributed by atoms with van der Waals surface area (Å²) in [6.07, 6.45) is 1.63. The standard InChI is InChI=1S/C11H16O3/c1-4-11(2,3)13-8-10-6-5-9(7-12)14-10/h5-7H,4,8H2,1-3H3. The van der Waals surface area contributed by atoms with Crippen LogP contribution in [0, 0.1) is 0 Å². The van der Waals surface area contributed by atoms with Gasteiger partial charge in [0.15, 0.2) is 12.0 Å². The molecule has 0 N–H and O–H groups in total. The monoisotopic (exact) mass is 196 g/mol. The summed E-state index contributed by atoms with van der Waals surface area (Å²) in [5, 5.41) is 0. The lowest BCUT2D eigenvalue weighted by atomic mass is 10.1. The van der Waals surface area contributed by atoms with Crippen molar-refractivity contribution in [2.75, 3.05) is 0 Å². The predicted molar refractivity (Wildman–Crippen MR) is 53.3 cm³/mol. The van der Waals surface area contributed by atoms with Crippen LogP contribution in [0.4, 0.5) is 0 Å². The average Bonchev–Trinajstić information content (AvgIpc) is 2.63. The molecule has 0 saturated heterocycles. The molecule has 0 atom stereocenters. The first-order chi connectivity index (χ1) is 6.57. The van der Waals surface area contributed by atoms with Gasteiger partial charge in [0, 0.05) is 0 Å². The zero-order valence-corrected chi connectivity index (χ0v) is 8.87. The summed E-state index contributed by atoms with van der Waals surface area (Å²) in [6, 6.07) is 3.40. The Labute approximate surface area is 84.1 Å². The van der Waals surface area contributed by atoms with Crippen molar-refractivity contribution in [2.45, 2.75) is 39.4 Å². The Morgan fingerprint density at radius 1 is 1.50 bits per heavy atom. The summed E-state index contributed by atoms with van der Waals surface area (Å²) in [6.45, 7) is 6.53. The van der Waals surface area contributed by atoms with Crippen LogP contribution in [0.5, 0.6) is 0 Å². The van der Waals surface area contributed by atoms with Crippen LogP contribution < -0.4 is 0 Å². The predicted octanol–water partition coefficient (Wildman–Crippen LogP) is 2.80. The highest BCUT2D eigenvalue weighted by molar-refractivity contribution is 5.70. The Morgan fingerprint density at radius 3 is 2.71 bits per heavy atom. The first-order valence-electron chi connectivity index (χ1n) is 4.75. The van der Waals surface area contributed by atoms with Crippen molar-refractivity contribution in [1.29, 1.82) is 0 Å². The van der Waals surface area contributed by atoms with Crippen molar-refractivity contribution in [3.8, 4) is 0 Å². The molecule has 0 fully saturated rings. The Balaban J connectivity index is 2.49. The number of hydrogen-bond donors (Lipinski definition) is 0. The van der Waals surface area contributed by atoms with Crippen LogP contribution in [0.2, 0.25) is 0 Å². The largest absolute Gasteiger partial charge is 0.456 e. The molecule has 1 aromatic heterocycles. The molecule has 0 spiro atoms. The van der Waals surface area contributed by atoms with Gasteiger partial charge in [-0.1, -0.05) is 6.92 Å². The van der Waals surface area contributed by atoms with Gasteiger partial charge in [0.2, 0.25) is 0 Å². The van der Waals surface area contributed by atoms with Crippen molar-refractivity contribution in [3.05, 3.63) is 23.7 Å². The van der Waals surface area contributed by atoms with Gasteiger partial charge in [-0.15, -0.1) is 0 Å². The Bertz CT molecular complexity index is 299. The second-order valence-electron chi connectivity index (χ2n) is 3.82. The van der Waals surface area contributed by atoms with Gasteiger partial charge < -0.3 is 9.15 Å². The number of ether oxygens (including phenoxy) is 1. The molecule has 1 rings (SSSR count). The molecule has 0 aliphatic rings. The smallest absolute Gasteiger partial charge is 0.185 e. The van der Waals surface area contributed by atoms with Gasteiger partial charge in [-0.25, -0.2) is 0 Å². The number of hydrogen-bond acceptors (Lipinski definition) is 3. The molecule has 0 aliphatic heterocycles. The van der Waals surface area contributed by atoms with Crippen LogP contribution in [0.3, 0.4) is 0 Å². The lowest BCUT2D eigenvalue weighted by molar-refractivity contribution is -0.0384. The summed E-state index contributed by atoms with van der Waals surface area (Å²) in [4.78, 5) is 10.3. The fraction of sp³-hybridized carbons (Fsp3) is 0.545. The minimum atomic E-state index is -0.145. The fourth-order valence-corrected chi connectivity index (χ4v) is 0.904. The van der Waals surface area contributed by atoms with E-state index in [9.17, 15) is 4.79 Å². The molecule has 0 bridgehead atoms. The third-order valence-corrected chi connectivity index (χ3v) is 2.26. The van der Waals surface area contributed by atoms with E-state index in [-0.39, 0.29) is 5.60 Å². The molecular formula is C11H16O3. The molecule has 14 heavy (non-hydrogen) atoms. The summed E-state index contributed by atoms with van der Waals surface area (Å²) in [5.41, 5.74) is -0.145. The zero-order chi connectivity index (χ0) is 10.6. The average molecular weight is 196 g/mol. The lowest BCUT2D eigenvalue weighted by Crippen LogP contribution is -2.22. The molecule has 1 aromatic rings. The molecule has 78 valence electrons. The van der Waals surface area contributed by atoms with Crippen LogP contribution in [0.15, 0.2) is 16.5 Å². The van der Waals surface area contributed by atoms with Gasteiger partial charge in [-0.3, -0.25) is 4.79 Å². The Hall–Kier alpha value is -1.09. The van der Waals surface area contributed by atoms with Gasteiger partial charge >= 0.3 is 0 Å². The summed E-state index contributed by atoms with van der Waals surface area (Å²) >= 11 is 0. The third-order valence-electron chi connectivity index (χ3n) is 2.26. The van der Waals surface area contributed by atoms with Gasteiger partial charge in [-0.05, 0) is 32.4 Å². The highest BCUT2D eigenvalue weighted by Crippen LogP contribution is 2.17. The van der Waals surface area contributed by atoms with E-state index in [1.165, 1.54) is 0 Å². The van der Waals surface area contributed by atoms with E-state index in [0.29, 0.717) is 24.4 Å². The number of aldehydes is 1. The number of rotatable bonds is 5. The van der Waals surface area contributed by atoms with E-state index in [2.05, 4.69) is 6.92 Å². The first-order valence-corrected chi connectivity index (χ1v) is 4.75. The highest BCUT2D eigenvalue weighted by atomic mass is 16.5. The minimum Gasteiger partial charge on any atom is -0.456 e. The van der Waals surface area contributed by atoms with Crippen LogP contribution in [0.25, 0.3) is 0 Å². The Kier molecular flexibility index (Phi) is 3.47. The number of carbonyl (C=O) groups excluding carboxylic acids is 1. The molecule has 0 unspecified atom stereocenters. The van der Waals surface area contributed by atoms with Crippen molar-refractivity contribution < 1.29 is 13.9 Å². The maximum atomic E-state index is 10.3. The molecule has 0 aromatic carbocycles. The zero-order valence-electron chi connectivity index (χ0n) is 8.87. The SMILES string of the molecule is CCC(C)(C)OCc1ccc(C=O)o1. The van der Waals surface area contributed by atoms with Gasteiger partial charge in [0.05, 0.1) is 5.60 Å². The molecular weight excluding hydrogens is 180 g/mol. The van der Waals surface area contributed by atoms with Gasteiger partial charge in [0.1, 0.15) is 12.4 Å². The third kappa shape index (κ3) is 3.00. The van der Waals surface area contributed by atoms with E-state index in [1.54, 1.807) is 12.1 Å². The fourth-order valence-electron chi connectivity index (χ4n) is 0.904. The van der Waals surface area contributed by atoms with Crippen molar-refractivity contribution >= 4 is 6.29 Å². The topological polar surface area (TPSA) is 39.4 Å². The lowest BCUT2D eigenvalue weighted by Gasteiger charge is -2.22. The van der Waals surface area contributed by atoms with Gasteiger partial charge in [0.25, 0.3) is 0 Å².